The lowest BCUT2D eigenvalue weighted by Crippen LogP contribution is -2.21. The van der Waals surface area contributed by atoms with Crippen LogP contribution in [0.25, 0.3) is 21.8 Å². The Labute approximate surface area is 140 Å². The second-order valence-electron chi connectivity index (χ2n) is 5.75. The predicted octanol–water partition coefficient (Wildman–Crippen LogP) is 3.41. The first kappa shape index (κ1) is 16.1. The van der Waals surface area contributed by atoms with Crippen LogP contribution in [0.5, 0.6) is 0 Å². The number of aromatic amines is 1. The van der Waals surface area contributed by atoms with Gasteiger partial charge in [-0.05, 0) is 38.5 Å². The summed E-state index contributed by atoms with van der Waals surface area (Å²) in [5, 5.41) is 11.0. The molecule has 0 aliphatic heterocycles. The van der Waals surface area contributed by atoms with Gasteiger partial charge in [-0.25, -0.2) is 4.79 Å². The van der Waals surface area contributed by atoms with Gasteiger partial charge in [-0.15, -0.1) is 0 Å². The summed E-state index contributed by atoms with van der Waals surface area (Å²) in [5.41, 5.74) is 9.88. The summed E-state index contributed by atoms with van der Waals surface area (Å²) < 4.78 is 0. The van der Waals surface area contributed by atoms with E-state index in [4.69, 9.17) is 10.7 Å². The molecule has 24 heavy (non-hydrogen) atoms. The molecule has 0 aliphatic carbocycles. The van der Waals surface area contributed by atoms with Crippen LogP contribution >= 0.6 is 0 Å². The van der Waals surface area contributed by atoms with Gasteiger partial charge in [0, 0.05) is 29.5 Å². The van der Waals surface area contributed by atoms with E-state index in [9.17, 15) is 9.90 Å². The van der Waals surface area contributed by atoms with E-state index in [-0.39, 0.29) is 11.4 Å². The molecule has 2 aromatic heterocycles. The summed E-state index contributed by atoms with van der Waals surface area (Å²) in [6, 6.07) is 6.09. The number of nitrogens with zero attached hydrogens (tertiary/aromatic N) is 2. The molecule has 1 aromatic carbocycles. The molecule has 6 nitrogen and oxygen atoms in total. The number of carboxylic acids is 1. The van der Waals surface area contributed by atoms with E-state index in [1.807, 2.05) is 13.0 Å². The summed E-state index contributed by atoms with van der Waals surface area (Å²) in [4.78, 5) is 21.4. The lowest BCUT2D eigenvalue weighted by Gasteiger charge is -2.21. The number of rotatable bonds is 5. The van der Waals surface area contributed by atoms with E-state index >= 15 is 0 Å². The van der Waals surface area contributed by atoms with E-state index < -0.39 is 5.97 Å². The van der Waals surface area contributed by atoms with Crippen LogP contribution in [-0.4, -0.2) is 34.1 Å². The highest BCUT2D eigenvalue weighted by Crippen LogP contribution is 2.34. The van der Waals surface area contributed by atoms with E-state index in [0.29, 0.717) is 6.42 Å². The molecule has 0 amide bonds. The number of aromatic carboxylic acids is 1. The van der Waals surface area contributed by atoms with Crippen molar-refractivity contribution < 1.29 is 9.90 Å². The molecule has 0 spiro atoms. The van der Waals surface area contributed by atoms with E-state index in [2.05, 4.69) is 35.9 Å². The Morgan fingerprint density at radius 3 is 2.58 bits per heavy atom. The first-order chi connectivity index (χ1) is 11.5. The van der Waals surface area contributed by atoms with Crippen molar-refractivity contribution in [3.05, 3.63) is 29.6 Å². The smallest absolute Gasteiger partial charge is 0.354 e. The molecule has 0 bridgehead atoms. The van der Waals surface area contributed by atoms with Crippen LogP contribution in [0.1, 0.15) is 37.0 Å². The van der Waals surface area contributed by atoms with Gasteiger partial charge in [0.1, 0.15) is 5.69 Å². The fourth-order valence-electron chi connectivity index (χ4n) is 3.25. The highest BCUT2D eigenvalue weighted by atomic mass is 16.4. The fraction of sp³-hybridized carbons (Fsp3) is 0.333. The number of nitrogens with two attached hydrogens (primary N) is 1. The monoisotopic (exact) mass is 326 g/mol. The molecule has 6 heteroatoms. The Hall–Kier alpha value is -2.76. The van der Waals surface area contributed by atoms with Gasteiger partial charge in [0.25, 0.3) is 0 Å². The van der Waals surface area contributed by atoms with Crippen molar-refractivity contribution in [2.75, 3.05) is 23.7 Å². The minimum Gasteiger partial charge on any atom is -0.477 e. The number of nitrogens with one attached hydrogen (secondary N) is 1. The van der Waals surface area contributed by atoms with Crippen LogP contribution in [0.15, 0.2) is 18.2 Å². The van der Waals surface area contributed by atoms with E-state index in [1.54, 1.807) is 0 Å². The third-order valence-corrected chi connectivity index (χ3v) is 4.51. The van der Waals surface area contributed by atoms with Crippen LogP contribution in [0, 0.1) is 0 Å². The molecule has 0 saturated heterocycles. The molecule has 0 radical (unpaired) electrons. The minimum atomic E-state index is -1.06. The van der Waals surface area contributed by atoms with Crippen LogP contribution in [0.4, 0.5) is 11.4 Å². The average molecular weight is 326 g/mol. The molecule has 126 valence electrons. The van der Waals surface area contributed by atoms with Gasteiger partial charge in [0.15, 0.2) is 0 Å². The summed E-state index contributed by atoms with van der Waals surface area (Å²) in [5.74, 6) is -1.06. The predicted molar refractivity (Wildman–Crippen MR) is 97.9 cm³/mol. The highest BCUT2D eigenvalue weighted by molar-refractivity contribution is 6.14. The molecule has 2 heterocycles. The summed E-state index contributed by atoms with van der Waals surface area (Å²) in [6.07, 6.45) is 0.686. The Morgan fingerprint density at radius 1 is 1.29 bits per heavy atom. The van der Waals surface area contributed by atoms with Gasteiger partial charge in [0.2, 0.25) is 0 Å². The Bertz CT molecular complexity index is 926. The molecular weight excluding hydrogens is 304 g/mol. The first-order valence-electron chi connectivity index (χ1n) is 8.23. The SMILES string of the molecule is CCc1nc2ccc(N(CC)CC)cc2c2[nH]c(C(=O)O)c(N)c12. The second-order valence-corrected chi connectivity index (χ2v) is 5.75. The average Bonchev–Trinajstić information content (AvgIpc) is 2.93. The summed E-state index contributed by atoms with van der Waals surface area (Å²) in [7, 11) is 0. The summed E-state index contributed by atoms with van der Waals surface area (Å²) >= 11 is 0. The van der Waals surface area contributed by atoms with Gasteiger partial charge in [-0.1, -0.05) is 6.92 Å². The number of aryl methyl sites for hydroxylation is 1. The number of benzene rings is 1. The van der Waals surface area contributed by atoms with Crippen molar-refractivity contribution >= 4 is 39.1 Å². The summed E-state index contributed by atoms with van der Waals surface area (Å²) in [6.45, 7) is 8.01. The van der Waals surface area contributed by atoms with Gasteiger partial charge in [0.05, 0.1) is 22.4 Å². The number of aromatic nitrogens is 2. The van der Waals surface area contributed by atoms with Crippen molar-refractivity contribution in [3.8, 4) is 0 Å². The normalized spacial score (nSPS) is 11.3. The quantitative estimate of drug-likeness (QED) is 0.668. The zero-order chi connectivity index (χ0) is 17.4. The van der Waals surface area contributed by atoms with E-state index in [1.165, 1.54) is 0 Å². The zero-order valence-corrected chi connectivity index (χ0v) is 14.2. The Kier molecular flexibility index (Phi) is 4.05. The largest absolute Gasteiger partial charge is 0.477 e. The first-order valence-corrected chi connectivity index (χ1v) is 8.23. The molecule has 0 atom stereocenters. The fourth-order valence-corrected chi connectivity index (χ4v) is 3.25. The number of anilines is 2. The second kappa shape index (κ2) is 6.03. The van der Waals surface area contributed by atoms with Crippen LogP contribution < -0.4 is 10.6 Å². The van der Waals surface area contributed by atoms with Crippen molar-refractivity contribution in [1.82, 2.24) is 9.97 Å². The number of pyridine rings is 1. The van der Waals surface area contributed by atoms with Gasteiger partial charge >= 0.3 is 5.97 Å². The third-order valence-electron chi connectivity index (χ3n) is 4.51. The molecule has 4 N–H and O–H groups in total. The van der Waals surface area contributed by atoms with Gasteiger partial charge in [-0.3, -0.25) is 4.98 Å². The number of nitrogen functional groups attached to an aromatic ring is 1. The Morgan fingerprint density at radius 2 is 2.00 bits per heavy atom. The lowest BCUT2D eigenvalue weighted by molar-refractivity contribution is 0.0692. The highest BCUT2D eigenvalue weighted by Gasteiger charge is 2.20. The molecule has 3 rings (SSSR count). The zero-order valence-electron chi connectivity index (χ0n) is 14.2. The maximum absolute atomic E-state index is 11.5. The topological polar surface area (TPSA) is 95.2 Å². The maximum atomic E-state index is 11.5. The molecule has 0 unspecified atom stereocenters. The molecule has 3 aromatic rings. The number of hydrogen-bond donors (Lipinski definition) is 3. The number of H-pyrrole nitrogens is 1. The van der Waals surface area contributed by atoms with Gasteiger partial charge < -0.3 is 20.7 Å². The Balaban J connectivity index is 2.39. The van der Waals surface area contributed by atoms with Crippen LogP contribution in [0.2, 0.25) is 0 Å². The molecule has 0 aliphatic rings. The van der Waals surface area contributed by atoms with Crippen molar-refractivity contribution in [2.24, 2.45) is 0 Å². The number of hydrogen-bond acceptors (Lipinski definition) is 4. The minimum absolute atomic E-state index is 0.0299. The lowest BCUT2D eigenvalue weighted by atomic mass is 10.1. The number of carbonyl (C=O) groups is 1. The standard InChI is InChI=1S/C18H22N4O2/c1-4-12-14-15(19)17(18(23)24)21-16(14)11-9-10(22(5-2)6-3)7-8-13(11)20-12/h7-9,21H,4-6,19H2,1-3H3,(H,23,24). The molecule has 0 saturated carbocycles. The van der Waals surface area contributed by atoms with Gasteiger partial charge in [-0.2, -0.15) is 0 Å². The number of fused-ring (bicyclic) bond motifs is 3. The van der Waals surface area contributed by atoms with Crippen molar-refractivity contribution in [3.63, 3.8) is 0 Å². The molecule has 0 fully saturated rings. The molecular formula is C18H22N4O2. The van der Waals surface area contributed by atoms with E-state index in [0.717, 1.165) is 46.3 Å². The van der Waals surface area contributed by atoms with Crippen molar-refractivity contribution in [2.45, 2.75) is 27.2 Å². The maximum Gasteiger partial charge on any atom is 0.354 e. The van der Waals surface area contributed by atoms with Crippen molar-refractivity contribution in [1.29, 1.82) is 0 Å². The van der Waals surface area contributed by atoms with Crippen LogP contribution in [-0.2, 0) is 6.42 Å². The van der Waals surface area contributed by atoms with Crippen LogP contribution in [0.3, 0.4) is 0 Å². The third kappa shape index (κ3) is 2.35. The number of carboxylic acid groups (broad SMARTS) is 1.